The Labute approximate surface area is 208 Å². The lowest BCUT2D eigenvalue weighted by molar-refractivity contribution is -0.249. The summed E-state index contributed by atoms with van der Waals surface area (Å²) in [6, 6.07) is 0. The van der Waals surface area contributed by atoms with E-state index in [1.807, 2.05) is 0 Å². The van der Waals surface area contributed by atoms with Crippen LogP contribution in [0.5, 0.6) is 0 Å². The number of hydrogen-bond donors (Lipinski definition) is 2. The maximum atomic E-state index is 12.9. The average molecular weight is 473 g/mol. The van der Waals surface area contributed by atoms with Crippen molar-refractivity contribution in [2.24, 2.45) is 62.6 Å². The quantitative estimate of drug-likeness (QED) is 0.445. The predicted octanol–water partition coefficient (Wildman–Crippen LogP) is 7.56. The molecule has 1 unspecified atom stereocenters. The molecule has 0 amide bonds. The molecule has 0 spiro atoms. The van der Waals surface area contributed by atoms with Gasteiger partial charge in [-0.05, 0) is 121 Å². The van der Waals surface area contributed by atoms with Gasteiger partial charge in [0.2, 0.25) is 0 Å². The number of hydrogen-bond acceptors (Lipinski definition) is 2. The van der Waals surface area contributed by atoms with Crippen molar-refractivity contribution in [1.82, 2.24) is 0 Å². The Morgan fingerprint density at radius 1 is 0.853 bits per heavy atom. The lowest BCUT2D eigenvalue weighted by Gasteiger charge is -2.72. The summed E-state index contributed by atoms with van der Waals surface area (Å²) in [4.78, 5) is 12.9. The zero-order valence-corrected chi connectivity index (χ0v) is 23.1. The Hall–Kier alpha value is -0.570. The molecule has 0 heterocycles. The molecule has 3 heteroatoms. The zero-order chi connectivity index (χ0) is 24.9. The van der Waals surface area contributed by atoms with Gasteiger partial charge in [-0.1, -0.05) is 54.9 Å². The second-order valence-corrected chi connectivity index (χ2v) is 15.1. The first-order chi connectivity index (χ1) is 15.8. The summed E-state index contributed by atoms with van der Waals surface area (Å²) in [5.41, 5.74) is 0.303. The first-order valence-electron chi connectivity index (χ1n) is 14.7. The molecule has 5 aliphatic rings. The van der Waals surface area contributed by atoms with E-state index < -0.39 is 11.4 Å². The SMILES string of the molecule is CCC(C)[C@@H]1CC[C@]2(C(=O)O)CC[C@]3(C)[C@H](CC[C@@H]4[C@@]5(C)CC[C@H](O)C(C)(C)[C@@H]5CC[C@]43C)[C@@H]12. The van der Waals surface area contributed by atoms with Crippen LogP contribution in [0.4, 0.5) is 0 Å². The number of aliphatic hydroxyl groups excluding tert-OH is 1. The summed E-state index contributed by atoms with van der Waals surface area (Å²) in [6.07, 6.45) is 12.0. The fourth-order valence-electron chi connectivity index (χ4n) is 11.9. The summed E-state index contributed by atoms with van der Waals surface area (Å²) in [5, 5.41) is 21.5. The van der Waals surface area contributed by atoms with Gasteiger partial charge in [-0.25, -0.2) is 0 Å². The van der Waals surface area contributed by atoms with Crippen LogP contribution in [0.3, 0.4) is 0 Å². The maximum Gasteiger partial charge on any atom is 0.309 e. The first-order valence-corrected chi connectivity index (χ1v) is 14.7. The van der Waals surface area contributed by atoms with Gasteiger partial charge in [0.15, 0.2) is 0 Å². The predicted molar refractivity (Wildman–Crippen MR) is 137 cm³/mol. The fraction of sp³-hybridized carbons (Fsp3) is 0.968. The van der Waals surface area contributed by atoms with Crippen LogP contribution in [0.1, 0.15) is 119 Å². The molecule has 2 N–H and O–H groups in total. The third kappa shape index (κ3) is 2.89. The Balaban J connectivity index is 1.55. The molecular weight excluding hydrogens is 420 g/mol. The lowest BCUT2D eigenvalue weighted by atomic mass is 9.32. The largest absolute Gasteiger partial charge is 0.481 e. The van der Waals surface area contributed by atoms with Crippen molar-refractivity contribution in [3.63, 3.8) is 0 Å². The number of rotatable bonds is 3. The third-order valence-corrected chi connectivity index (χ3v) is 14.3. The van der Waals surface area contributed by atoms with Crippen LogP contribution >= 0.6 is 0 Å². The molecule has 0 bridgehead atoms. The molecule has 0 aromatic heterocycles. The Kier molecular flexibility index (Phi) is 5.70. The molecule has 5 rings (SSSR count). The number of carboxylic acid groups (broad SMARTS) is 1. The highest BCUT2D eigenvalue weighted by Gasteiger charge is 2.72. The van der Waals surface area contributed by atoms with Gasteiger partial charge in [0.05, 0.1) is 11.5 Å². The van der Waals surface area contributed by atoms with Gasteiger partial charge in [-0.3, -0.25) is 4.79 Å². The van der Waals surface area contributed by atoms with Gasteiger partial charge in [-0.15, -0.1) is 0 Å². The van der Waals surface area contributed by atoms with E-state index in [9.17, 15) is 15.0 Å². The summed E-state index contributed by atoms with van der Waals surface area (Å²) in [7, 11) is 0. The van der Waals surface area contributed by atoms with Crippen LogP contribution < -0.4 is 0 Å². The molecule has 0 radical (unpaired) electrons. The highest BCUT2D eigenvalue weighted by molar-refractivity contribution is 5.76. The van der Waals surface area contributed by atoms with E-state index in [0.29, 0.717) is 35.5 Å². The molecule has 0 aliphatic heterocycles. The van der Waals surface area contributed by atoms with Crippen molar-refractivity contribution in [1.29, 1.82) is 0 Å². The highest BCUT2D eigenvalue weighted by Crippen LogP contribution is 2.77. The van der Waals surface area contributed by atoms with Crippen molar-refractivity contribution < 1.29 is 15.0 Å². The van der Waals surface area contributed by atoms with Gasteiger partial charge in [0.25, 0.3) is 0 Å². The second-order valence-electron chi connectivity index (χ2n) is 15.1. The number of carboxylic acids is 1. The third-order valence-electron chi connectivity index (χ3n) is 14.3. The van der Waals surface area contributed by atoms with E-state index >= 15 is 0 Å². The van der Waals surface area contributed by atoms with Crippen LogP contribution in [-0.4, -0.2) is 22.3 Å². The van der Waals surface area contributed by atoms with E-state index in [1.165, 1.54) is 25.7 Å². The van der Waals surface area contributed by atoms with Crippen LogP contribution in [0.25, 0.3) is 0 Å². The van der Waals surface area contributed by atoms with E-state index in [-0.39, 0.29) is 27.8 Å². The number of fused-ring (bicyclic) bond motifs is 7. The molecule has 3 nitrogen and oxygen atoms in total. The van der Waals surface area contributed by atoms with Crippen LogP contribution in [0.15, 0.2) is 0 Å². The minimum Gasteiger partial charge on any atom is -0.481 e. The number of aliphatic hydroxyl groups is 1. The van der Waals surface area contributed by atoms with Crippen molar-refractivity contribution >= 4 is 5.97 Å². The smallest absolute Gasteiger partial charge is 0.309 e. The average Bonchev–Trinajstić information content (AvgIpc) is 3.18. The summed E-state index contributed by atoms with van der Waals surface area (Å²) in [6.45, 7) is 17.2. The lowest BCUT2D eigenvalue weighted by Crippen LogP contribution is -2.67. The summed E-state index contributed by atoms with van der Waals surface area (Å²) >= 11 is 0. The van der Waals surface area contributed by atoms with Gasteiger partial charge < -0.3 is 10.2 Å². The van der Waals surface area contributed by atoms with E-state index in [0.717, 1.165) is 44.9 Å². The first kappa shape index (κ1) is 25.1. The van der Waals surface area contributed by atoms with Gasteiger partial charge >= 0.3 is 5.97 Å². The molecule has 0 aromatic rings. The Morgan fingerprint density at radius 3 is 2.21 bits per heavy atom. The minimum atomic E-state index is -0.490. The fourth-order valence-corrected chi connectivity index (χ4v) is 11.9. The monoisotopic (exact) mass is 472 g/mol. The van der Waals surface area contributed by atoms with E-state index in [1.54, 1.807) is 0 Å². The second kappa shape index (κ2) is 7.72. The highest BCUT2D eigenvalue weighted by atomic mass is 16.4. The van der Waals surface area contributed by atoms with E-state index in [4.69, 9.17) is 0 Å². The van der Waals surface area contributed by atoms with Crippen LogP contribution in [0.2, 0.25) is 0 Å². The molecule has 0 saturated heterocycles. The van der Waals surface area contributed by atoms with Crippen LogP contribution in [-0.2, 0) is 4.79 Å². The Morgan fingerprint density at radius 2 is 1.56 bits per heavy atom. The van der Waals surface area contributed by atoms with Gasteiger partial charge in [-0.2, -0.15) is 0 Å². The molecule has 5 aliphatic carbocycles. The number of aliphatic carboxylic acids is 1. The summed E-state index contributed by atoms with van der Waals surface area (Å²) < 4.78 is 0. The molecule has 34 heavy (non-hydrogen) atoms. The van der Waals surface area contributed by atoms with Gasteiger partial charge in [0.1, 0.15) is 0 Å². The van der Waals surface area contributed by atoms with Crippen LogP contribution in [0, 0.1) is 62.6 Å². The minimum absolute atomic E-state index is 0.00971. The molecule has 194 valence electrons. The molecular formula is C31H52O3. The van der Waals surface area contributed by atoms with E-state index in [2.05, 4.69) is 48.5 Å². The topological polar surface area (TPSA) is 57.5 Å². The van der Waals surface area contributed by atoms with Crippen molar-refractivity contribution in [3.8, 4) is 0 Å². The zero-order valence-electron chi connectivity index (χ0n) is 23.1. The molecule has 5 fully saturated rings. The molecule has 5 saturated carbocycles. The summed E-state index contributed by atoms with van der Waals surface area (Å²) in [5.74, 6) is 2.87. The maximum absolute atomic E-state index is 12.9. The molecule has 11 atom stereocenters. The Bertz CT molecular complexity index is 835. The van der Waals surface area contributed by atoms with Crippen molar-refractivity contribution in [2.75, 3.05) is 0 Å². The van der Waals surface area contributed by atoms with Crippen molar-refractivity contribution in [3.05, 3.63) is 0 Å². The molecule has 0 aromatic carbocycles. The normalized spacial score (nSPS) is 54.8. The van der Waals surface area contributed by atoms with Gasteiger partial charge in [0, 0.05) is 0 Å². The van der Waals surface area contributed by atoms with Crippen molar-refractivity contribution in [2.45, 2.75) is 125 Å². The standard InChI is InChI=1S/C31H52O3/c1-8-19(2)20-11-16-31(26(33)34)18-17-29(6)21(25(20)31)9-10-23-28(5)14-13-24(32)27(3,4)22(28)12-15-30(23,29)7/h19-25,32H,8-18H2,1-7H3,(H,33,34)/t19?,20-,21+,22-,23+,24-,25+,28-,29+,30+,31-/m0/s1. The number of carbonyl (C=O) groups is 1.